The minimum absolute atomic E-state index is 0.167. The van der Waals surface area contributed by atoms with Crippen molar-refractivity contribution in [3.05, 3.63) is 29.6 Å². The highest BCUT2D eigenvalue weighted by Crippen LogP contribution is 2.47. The van der Waals surface area contributed by atoms with Crippen molar-refractivity contribution in [2.45, 2.75) is 24.6 Å². The first-order chi connectivity index (χ1) is 6.43. The first-order valence-electron chi connectivity index (χ1n) is 4.24. The summed E-state index contributed by atoms with van der Waals surface area (Å²) < 4.78 is 37.5. The Morgan fingerprint density at radius 1 is 1.36 bits per heavy atom. The van der Waals surface area contributed by atoms with Crippen molar-refractivity contribution in [1.82, 2.24) is 4.98 Å². The van der Waals surface area contributed by atoms with Gasteiger partial charge in [0, 0.05) is 17.9 Å². The molecule has 2 nitrogen and oxygen atoms in total. The van der Waals surface area contributed by atoms with Crippen LogP contribution in [0.15, 0.2) is 18.5 Å². The Labute approximate surface area is 78.9 Å². The zero-order chi connectivity index (χ0) is 10.4. The van der Waals surface area contributed by atoms with Gasteiger partial charge in [-0.25, -0.2) is 0 Å². The molecule has 1 heterocycles. The smallest absolute Gasteiger partial charge is 0.321 e. The van der Waals surface area contributed by atoms with Gasteiger partial charge in [-0.3, -0.25) is 4.98 Å². The number of nitrogens with two attached hydrogens (primary N) is 1. The van der Waals surface area contributed by atoms with Crippen LogP contribution in [0.1, 0.15) is 24.0 Å². The van der Waals surface area contributed by atoms with Gasteiger partial charge in [-0.1, -0.05) is 0 Å². The molecule has 1 fully saturated rings. The predicted octanol–water partition coefficient (Wildman–Crippen LogP) is 2.05. The summed E-state index contributed by atoms with van der Waals surface area (Å²) in [5.41, 5.74) is 4.43. The van der Waals surface area contributed by atoms with Crippen LogP contribution in [0.2, 0.25) is 0 Å². The van der Waals surface area contributed by atoms with Crippen LogP contribution >= 0.6 is 0 Å². The maximum Gasteiger partial charge on any atom is 0.418 e. The van der Waals surface area contributed by atoms with E-state index in [2.05, 4.69) is 4.98 Å². The zero-order valence-corrected chi connectivity index (χ0v) is 7.30. The highest BCUT2D eigenvalue weighted by Gasteiger charge is 2.46. The molecule has 0 atom stereocenters. The minimum Gasteiger partial charge on any atom is -0.321 e. The maximum atomic E-state index is 12.5. The summed E-state index contributed by atoms with van der Waals surface area (Å²) in [6.07, 6.45) is -0.960. The van der Waals surface area contributed by atoms with E-state index in [1.807, 2.05) is 0 Å². The normalized spacial score (nSPS) is 19.4. The summed E-state index contributed by atoms with van der Waals surface area (Å²) in [5, 5.41) is 0. The van der Waals surface area contributed by atoms with Crippen molar-refractivity contribution < 1.29 is 13.2 Å². The van der Waals surface area contributed by atoms with Crippen LogP contribution in [0.3, 0.4) is 0 Å². The second kappa shape index (κ2) is 2.70. The van der Waals surface area contributed by atoms with E-state index in [4.69, 9.17) is 5.73 Å². The van der Waals surface area contributed by atoms with Crippen molar-refractivity contribution in [2.75, 3.05) is 0 Å². The van der Waals surface area contributed by atoms with E-state index < -0.39 is 17.3 Å². The molecule has 14 heavy (non-hydrogen) atoms. The molecule has 5 heteroatoms. The fourth-order valence-electron chi connectivity index (χ4n) is 1.46. The van der Waals surface area contributed by atoms with Gasteiger partial charge in [0.25, 0.3) is 0 Å². The molecule has 0 amide bonds. The fourth-order valence-corrected chi connectivity index (χ4v) is 1.46. The Morgan fingerprint density at radius 2 is 2.00 bits per heavy atom. The molecule has 2 rings (SSSR count). The van der Waals surface area contributed by atoms with Crippen molar-refractivity contribution >= 4 is 0 Å². The average molecular weight is 202 g/mol. The molecule has 0 unspecified atom stereocenters. The van der Waals surface area contributed by atoms with Crippen molar-refractivity contribution in [3.8, 4) is 0 Å². The highest BCUT2D eigenvalue weighted by molar-refractivity contribution is 5.36. The molecule has 0 spiro atoms. The number of hydrogen-bond acceptors (Lipinski definition) is 2. The lowest BCUT2D eigenvalue weighted by molar-refractivity contribution is -0.138. The first kappa shape index (κ1) is 9.45. The highest BCUT2D eigenvalue weighted by atomic mass is 19.4. The molecule has 0 radical (unpaired) electrons. The quantitative estimate of drug-likeness (QED) is 0.756. The second-order valence-electron chi connectivity index (χ2n) is 3.58. The molecule has 1 aromatic rings. The molecular formula is C9H9F3N2. The van der Waals surface area contributed by atoms with Gasteiger partial charge >= 0.3 is 6.18 Å². The second-order valence-corrected chi connectivity index (χ2v) is 3.58. The molecule has 1 aliphatic rings. The third-order valence-corrected chi connectivity index (χ3v) is 2.45. The van der Waals surface area contributed by atoms with Crippen molar-refractivity contribution in [2.24, 2.45) is 5.73 Å². The van der Waals surface area contributed by atoms with E-state index >= 15 is 0 Å². The summed E-state index contributed by atoms with van der Waals surface area (Å²) in [7, 11) is 0. The first-order valence-corrected chi connectivity index (χ1v) is 4.24. The van der Waals surface area contributed by atoms with Gasteiger partial charge < -0.3 is 5.73 Å². The van der Waals surface area contributed by atoms with Crippen molar-refractivity contribution in [3.63, 3.8) is 0 Å². The molecule has 0 saturated heterocycles. The maximum absolute atomic E-state index is 12.5. The Balaban J connectivity index is 2.50. The number of rotatable bonds is 1. The number of alkyl halides is 3. The van der Waals surface area contributed by atoms with Crippen LogP contribution in [0.5, 0.6) is 0 Å². The Bertz CT molecular complexity index is 331. The largest absolute Gasteiger partial charge is 0.418 e. The molecule has 0 bridgehead atoms. The van der Waals surface area contributed by atoms with E-state index in [1.165, 1.54) is 12.3 Å². The number of aromatic nitrogens is 1. The lowest BCUT2D eigenvalue weighted by atomic mass is 10.0. The fraction of sp³-hybridized carbons (Fsp3) is 0.444. The third kappa shape index (κ3) is 1.48. The molecule has 1 saturated carbocycles. The van der Waals surface area contributed by atoms with Crippen LogP contribution < -0.4 is 5.73 Å². The lowest BCUT2D eigenvalue weighted by Gasteiger charge is -2.16. The van der Waals surface area contributed by atoms with E-state index in [-0.39, 0.29) is 5.56 Å². The Hall–Kier alpha value is -1.10. The van der Waals surface area contributed by atoms with Gasteiger partial charge in [0.05, 0.1) is 5.56 Å². The molecule has 76 valence electrons. The number of pyridine rings is 1. The monoisotopic (exact) mass is 202 g/mol. The number of hydrogen-bond donors (Lipinski definition) is 1. The van der Waals surface area contributed by atoms with Gasteiger partial charge in [0.15, 0.2) is 0 Å². The van der Waals surface area contributed by atoms with E-state index in [0.717, 1.165) is 6.20 Å². The summed E-state index contributed by atoms with van der Waals surface area (Å²) in [4.78, 5) is 3.48. The van der Waals surface area contributed by atoms with Gasteiger partial charge in [0.1, 0.15) is 0 Å². The van der Waals surface area contributed by atoms with Crippen LogP contribution in [0, 0.1) is 0 Å². The van der Waals surface area contributed by atoms with E-state index in [0.29, 0.717) is 12.8 Å². The van der Waals surface area contributed by atoms with E-state index in [9.17, 15) is 13.2 Å². The van der Waals surface area contributed by atoms with Gasteiger partial charge in [-0.2, -0.15) is 13.2 Å². The SMILES string of the molecule is NC1(c2ccncc2C(F)(F)F)CC1. The Kier molecular flexibility index (Phi) is 1.82. The number of halogens is 3. The lowest BCUT2D eigenvalue weighted by Crippen LogP contribution is -2.24. The van der Waals surface area contributed by atoms with Gasteiger partial charge in [-0.15, -0.1) is 0 Å². The summed E-state index contributed by atoms with van der Waals surface area (Å²) in [5.74, 6) is 0. The predicted molar refractivity (Wildman–Crippen MR) is 44.3 cm³/mol. The third-order valence-electron chi connectivity index (χ3n) is 2.45. The van der Waals surface area contributed by atoms with Crippen LogP contribution in [-0.2, 0) is 11.7 Å². The van der Waals surface area contributed by atoms with Crippen LogP contribution in [-0.4, -0.2) is 4.98 Å². The van der Waals surface area contributed by atoms with Gasteiger partial charge in [0.2, 0.25) is 0 Å². The molecule has 0 aliphatic heterocycles. The van der Waals surface area contributed by atoms with Crippen LogP contribution in [0.4, 0.5) is 13.2 Å². The molecule has 1 aromatic heterocycles. The molecule has 0 aromatic carbocycles. The molecule has 1 aliphatic carbocycles. The Morgan fingerprint density at radius 3 is 2.50 bits per heavy atom. The minimum atomic E-state index is -4.36. The zero-order valence-electron chi connectivity index (χ0n) is 7.30. The summed E-state index contributed by atoms with van der Waals surface area (Å²) in [6, 6.07) is 1.36. The average Bonchev–Trinajstić information content (AvgIpc) is 2.84. The summed E-state index contributed by atoms with van der Waals surface area (Å²) >= 11 is 0. The standard InChI is InChI=1S/C9H9F3N2/c10-9(11,12)7-5-14-4-1-6(7)8(13)2-3-8/h1,4-5H,2-3,13H2. The van der Waals surface area contributed by atoms with Crippen LogP contribution in [0.25, 0.3) is 0 Å². The summed E-state index contributed by atoms with van der Waals surface area (Å²) in [6.45, 7) is 0. The van der Waals surface area contributed by atoms with Gasteiger partial charge in [-0.05, 0) is 24.5 Å². The number of nitrogens with zero attached hydrogens (tertiary/aromatic N) is 1. The van der Waals surface area contributed by atoms with E-state index in [1.54, 1.807) is 0 Å². The topological polar surface area (TPSA) is 38.9 Å². The molecular weight excluding hydrogens is 193 g/mol. The van der Waals surface area contributed by atoms with Crippen molar-refractivity contribution in [1.29, 1.82) is 0 Å². The molecule has 2 N–H and O–H groups in total.